The summed E-state index contributed by atoms with van der Waals surface area (Å²) in [5, 5.41) is 3.39. The zero-order valence-electron chi connectivity index (χ0n) is 17.6. The Morgan fingerprint density at radius 2 is 1.53 bits per heavy atom. The Morgan fingerprint density at radius 1 is 0.967 bits per heavy atom. The summed E-state index contributed by atoms with van der Waals surface area (Å²) in [6.07, 6.45) is 0. The molecule has 7 heteroatoms. The second-order valence-electron chi connectivity index (χ2n) is 7.67. The molecule has 2 aromatic carbocycles. The summed E-state index contributed by atoms with van der Waals surface area (Å²) in [5.74, 6) is 0.0281. The highest BCUT2D eigenvalue weighted by molar-refractivity contribution is 6.33. The lowest BCUT2D eigenvalue weighted by Crippen LogP contribution is -2.51. The Bertz CT molecular complexity index is 853. The highest BCUT2D eigenvalue weighted by atomic mass is 35.5. The van der Waals surface area contributed by atoms with Gasteiger partial charge in [-0.05, 0) is 24.6 Å². The topological polar surface area (TPSA) is 55.9 Å². The van der Waals surface area contributed by atoms with Crippen molar-refractivity contribution in [3.05, 3.63) is 65.2 Å². The van der Waals surface area contributed by atoms with Crippen molar-refractivity contribution in [3.63, 3.8) is 0 Å². The number of amides is 2. The Hall–Kier alpha value is -2.41. The van der Waals surface area contributed by atoms with Crippen molar-refractivity contribution in [3.8, 4) is 0 Å². The number of halogens is 1. The molecule has 1 aliphatic heterocycles. The van der Waals surface area contributed by atoms with E-state index in [9.17, 15) is 9.59 Å². The predicted octanol–water partition coefficient (Wildman–Crippen LogP) is 3.12. The fraction of sp³-hybridized carbons (Fsp3) is 0.391. The Kier molecular flexibility index (Phi) is 7.85. The molecule has 1 heterocycles. The average Bonchev–Trinajstić information content (AvgIpc) is 2.76. The van der Waals surface area contributed by atoms with Crippen molar-refractivity contribution in [2.45, 2.75) is 13.0 Å². The van der Waals surface area contributed by atoms with Crippen LogP contribution < -0.4 is 5.32 Å². The number of hydrogen-bond acceptors (Lipinski definition) is 4. The van der Waals surface area contributed by atoms with Crippen LogP contribution in [0.25, 0.3) is 0 Å². The zero-order valence-corrected chi connectivity index (χ0v) is 18.3. The van der Waals surface area contributed by atoms with Crippen molar-refractivity contribution < 1.29 is 9.59 Å². The molecule has 0 aromatic heterocycles. The number of nitrogens with zero attached hydrogens (tertiary/aromatic N) is 3. The van der Waals surface area contributed by atoms with Crippen molar-refractivity contribution >= 4 is 29.1 Å². The van der Waals surface area contributed by atoms with E-state index in [4.69, 9.17) is 11.6 Å². The van der Waals surface area contributed by atoms with Gasteiger partial charge in [0, 0.05) is 33.2 Å². The molecule has 0 bridgehead atoms. The molecule has 2 amide bonds. The number of nitrogens with one attached hydrogen (secondary N) is 1. The van der Waals surface area contributed by atoms with Crippen LogP contribution >= 0.6 is 11.6 Å². The monoisotopic (exact) mass is 428 g/mol. The quantitative estimate of drug-likeness (QED) is 0.736. The minimum Gasteiger partial charge on any atom is -0.338 e. The SMILES string of the molecule is CC(c1ccccc1)N(C)C(=O)CN1CCN(CC(=O)Nc2ccccc2Cl)CC1. The largest absolute Gasteiger partial charge is 0.338 e. The summed E-state index contributed by atoms with van der Waals surface area (Å²) in [4.78, 5) is 31.1. The molecular weight excluding hydrogens is 400 g/mol. The number of rotatable bonds is 7. The first-order chi connectivity index (χ1) is 14.4. The van der Waals surface area contributed by atoms with Crippen LogP contribution in [-0.2, 0) is 9.59 Å². The molecular formula is C23H29ClN4O2. The molecule has 0 aliphatic carbocycles. The molecule has 1 atom stereocenters. The number of carbonyl (C=O) groups is 2. The molecule has 3 rings (SSSR count). The lowest BCUT2D eigenvalue weighted by Gasteiger charge is -2.35. The van der Waals surface area contributed by atoms with Crippen LogP contribution in [0.1, 0.15) is 18.5 Å². The van der Waals surface area contributed by atoms with E-state index in [1.807, 2.05) is 56.4 Å². The summed E-state index contributed by atoms with van der Waals surface area (Å²) in [7, 11) is 1.86. The predicted molar refractivity (Wildman–Crippen MR) is 121 cm³/mol. The van der Waals surface area contributed by atoms with Gasteiger partial charge in [-0.1, -0.05) is 54.1 Å². The minimum atomic E-state index is -0.0796. The molecule has 1 N–H and O–H groups in total. The van der Waals surface area contributed by atoms with E-state index < -0.39 is 0 Å². The zero-order chi connectivity index (χ0) is 21.5. The Morgan fingerprint density at radius 3 is 2.17 bits per heavy atom. The molecule has 0 radical (unpaired) electrons. The number of benzene rings is 2. The average molecular weight is 429 g/mol. The fourth-order valence-corrected chi connectivity index (χ4v) is 3.72. The highest BCUT2D eigenvalue weighted by Crippen LogP contribution is 2.20. The van der Waals surface area contributed by atoms with Gasteiger partial charge in [0.25, 0.3) is 0 Å². The molecule has 1 fully saturated rings. The molecule has 1 saturated heterocycles. The number of hydrogen-bond donors (Lipinski definition) is 1. The molecule has 160 valence electrons. The maximum atomic E-state index is 12.7. The Balaban J connectivity index is 1.42. The standard InChI is InChI=1S/C23H29ClN4O2/c1-18(19-8-4-3-5-9-19)26(2)23(30)17-28-14-12-27(13-15-28)16-22(29)25-21-11-7-6-10-20(21)24/h3-11,18H,12-17H2,1-2H3,(H,25,29). The second kappa shape index (κ2) is 10.6. The molecule has 30 heavy (non-hydrogen) atoms. The van der Waals surface area contributed by atoms with Gasteiger partial charge >= 0.3 is 0 Å². The molecule has 1 aliphatic rings. The van der Waals surface area contributed by atoms with Crippen molar-refractivity contribution in [2.75, 3.05) is 51.6 Å². The van der Waals surface area contributed by atoms with Gasteiger partial charge in [-0.3, -0.25) is 19.4 Å². The lowest BCUT2D eigenvalue weighted by atomic mass is 10.1. The first kappa shape index (κ1) is 22.3. The molecule has 6 nitrogen and oxygen atoms in total. The van der Waals surface area contributed by atoms with E-state index in [1.165, 1.54) is 0 Å². The van der Waals surface area contributed by atoms with E-state index in [0.717, 1.165) is 31.7 Å². The van der Waals surface area contributed by atoms with E-state index in [-0.39, 0.29) is 17.9 Å². The minimum absolute atomic E-state index is 0.0356. The van der Waals surface area contributed by atoms with Gasteiger partial charge in [-0.2, -0.15) is 0 Å². The van der Waals surface area contributed by atoms with E-state index >= 15 is 0 Å². The van der Waals surface area contributed by atoms with Crippen LogP contribution in [0.3, 0.4) is 0 Å². The van der Waals surface area contributed by atoms with Crippen LogP contribution in [0.2, 0.25) is 5.02 Å². The summed E-state index contributed by atoms with van der Waals surface area (Å²) >= 11 is 6.09. The summed E-state index contributed by atoms with van der Waals surface area (Å²) < 4.78 is 0. The van der Waals surface area contributed by atoms with Gasteiger partial charge in [0.15, 0.2) is 0 Å². The third kappa shape index (κ3) is 6.05. The third-order valence-electron chi connectivity index (χ3n) is 5.60. The first-order valence-corrected chi connectivity index (χ1v) is 10.6. The summed E-state index contributed by atoms with van der Waals surface area (Å²) in [6.45, 7) is 5.79. The fourth-order valence-electron chi connectivity index (χ4n) is 3.53. The first-order valence-electron chi connectivity index (χ1n) is 10.2. The van der Waals surface area contributed by atoms with Gasteiger partial charge in [0.2, 0.25) is 11.8 Å². The highest BCUT2D eigenvalue weighted by Gasteiger charge is 2.24. The molecule has 0 spiro atoms. The van der Waals surface area contributed by atoms with Crippen molar-refractivity contribution in [2.24, 2.45) is 0 Å². The normalized spacial score (nSPS) is 16.1. The maximum Gasteiger partial charge on any atom is 0.238 e. The van der Waals surface area contributed by atoms with Crippen molar-refractivity contribution in [1.29, 1.82) is 0 Å². The van der Waals surface area contributed by atoms with Crippen LogP contribution in [0.4, 0.5) is 5.69 Å². The van der Waals surface area contributed by atoms with Gasteiger partial charge in [0.1, 0.15) is 0 Å². The van der Waals surface area contributed by atoms with E-state index in [0.29, 0.717) is 23.8 Å². The van der Waals surface area contributed by atoms with Gasteiger partial charge in [-0.15, -0.1) is 0 Å². The number of piperazine rings is 1. The summed E-state index contributed by atoms with van der Waals surface area (Å²) in [6, 6.07) is 17.3. The summed E-state index contributed by atoms with van der Waals surface area (Å²) in [5.41, 5.74) is 1.76. The van der Waals surface area contributed by atoms with Gasteiger partial charge < -0.3 is 10.2 Å². The van der Waals surface area contributed by atoms with Crippen LogP contribution in [-0.4, -0.2) is 72.8 Å². The molecule has 0 saturated carbocycles. The smallest absolute Gasteiger partial charge is 0.238 e. The van der Waals surface area contributed by atoms with Crippen LogP contribution in [0.15, 0.2) is 54.6 Å². The van der Waals surface area contributed by atoms with E-state index in [1.54, 1.807) is 17.0 Å². The van der Waals surface area contributed by atoms with Crippen LogP contribution in [0, 0.1) is 0 Å². The number of carbonyl (C=O) groups excluding carboxylic acids is 2. The van der Waals surface area contributed by atoms with E-state index in [2.05, 4.69) is 15.1 Å². The number of anilines is 1. The lowest BCUT2D eigenvalue weighted by molar-refractivity contribution is -0.133. The third-order valence-corrected chi connectivity index (χ3v) is 5.92. The van der Waals surface area contributed by atoms with Gasteiger partial charge in [0.05, 0.1) is 29.8 Å². The van der Waals surface area contributed by atoms with Crippen molar-refractivity contribution in [1.82, 2.24) is 14.7 Å². The maximum absolute atomic E-state index is 12.7. The Labute approximate surface area is 183 Å². The molecule has 2 aromatic rings. The number of likely N-dealkylation sites (N-methyl/N-ethyl adjacent to an activating group) is 1. The van der Waals surface area contributed by atoms with Crippen LogP contribution in [0.5, 0.6) is 0 Å². The molecule has 1 unspecified atom stereocenters. The second-order valence-corrected chi connectivity index (χ2v) is 8.08. The number of para-hydroxylation sites is 1. The van der Waals surface area contributed by atoms with Gasteiger partial charge in [-0.25, -0.2) is 0 Å².